The van der Waals surface area contributed by atoms with Crippen LogP contribution < -0.4 is 10.1 Å². The zero-order chi connectivity index (χ0) is 19.1. The van der Waals surface area contributed by atoms with Crippen LogP contribution in [-0.2, 0) is 4.79 Å². The van der Waals surface area contributed by atoms with E-state index >= 15 is 0 Å². The van der Waals surface area contributed by atoms with Crippen molar-refractivity contribution in [3.63, 3.8) is 0 Å². The molecule has 0 spiro atoms. The number of amides is 1. The van der Waals surface area contributed by atoms with Crippen molar-refractivity contribution in [3.8, 4) is 5.75 Å². The number of hydrogen-bond acceptors (Lipinski definition) is 4. The molecule has 3 rings (SSSR count). The number of thioether (sulfide) groups is 1. The van der Waals surface area contributed by atoms with Crippen LogP contribution in [0, 0.1) is 5.92 Å². The number of Topliss-reactive ketones (excluding diaryl/α,β-unsaturated/α-hetero) is 1. The van der Waals surface area contributed by atoms with Crippen LogP contribution >= 0.6 is 11.8 Å². The summed E-state index contributed by atoms with van der Waals surface area (Å²) in [4.78, 5) is 25.8. The molecule has 0 saturated heterocycles. The van der Waals surface area contributed by atoms with Crippen molar-refractivity contribution in [1.82, 2.24) is 0 Å². The van der Waals surface area contributed by atoms with E-state index in [0.29, 0.717) is 17.1 Å². The van der Waals surface area contributed by atoms with Crippen LogP contribution in [0.2, 0.25) is 0 Å². The summed E-state index contributed by atoms with van der Waals surface area (Å²) in [6.07, 6.45) is 5.47. The second-order valence-electron chi connectivity index (χ2n) is 6.80. The van der Waals surface area contributed by atoms with Gasteiger partial charge in [-0.3, -0.25) is 9.59 Å². The second-order valence-corrected chi connectivity index (χ2v) is 7.84. The Morgan fingerprint density at radius 2 is 1.85 bits per heavy atom. The van der Waals surface area contributed by atoms with Crippen LogP contribution in [0.4, 0.5) is 5.69 Å². The van der Waals surface area contributed by atoms with E-state index < -0.39 is 0 Å². The van der Waals surface area contributed by atoms with Gasteiger partial charge in [0.25, 0.3) is 0 Å². The molecule has 0 heterocycles. The van der Waals surface area contributed by atoms with Crippen LogP contribution in [0.25, 0.3) is 0 Å². The van der Waals surface area contributed by atoms with Gasteiger partial charge in [0.2, 0.25) is 5.91 Å². The first-order valence-electron chi connectivity index (χ1n) is 9.36. The van der Waals surface area contributed by atoms with Gasteiger partial charge in [0, 0.05) is 22.1 Å². The zero-order valence-electron chi connectivity index (χ0n) is 15.6. The first kappa shape index (κ1) is 19.5. The number of nitrogens with one attached hydrogen (secondary N) is 1. The van der Waals surface area contributed by atoms with E-state index in [1.807, 2.05) is 36.4 Å². The van der Waals surface area contributed by atoms with E-state index in [9.17, 15) is 9.59 Å². The topological polar surface area (TPSA) is 55.4 Å². The molecule has 0 bridgehead atoms. The molecule has 0 atom stereocenters. The van der Waals surface area contributed by atoms with Gasteiger partial charge in [-0.15, -0.1) is 11.8 Å². The fourth-order valence-electron chi connectivity index (χ4n) is 3.30. The Morgan fingerprint density at radius 1 is 1.07 bits per heavy atom. The van der Waals surface area contributed by atoms with E-state index in [2.05, 4.69) is 5.32 Å². The summed E-state index contributed by atoms with van der Waals surface area (Å²) in [6, 6.07) is 14.9. The summed E-state index contributed by atoms with van der Waals surface area (Å²) in [5, 5.41) is 3.03. The third-order valence-electron chi connectivity index (χ3n) is 4.84. The van der Waals surface area contributed by atoms with Crippen LogP contribution in [0.3, 0.4) is 0 Å². The number of benzene rings is 2. The van der Waals surface area contributed by atoms with E-state index in [1.165, 1.54) is 18.2 Å². The molecular weight excluding hydrogens is 358 g/mol. The third kappa shape index (κ3) is 5.60. The number of ether oxygens (including phenoxy) is 1. The molecule has 2 aromatic carbocycles. The predicted octanol–water partition coefficient (Wildman–Crippen LogP) is 5.19. The molecule has 0 radical (unpaired) electrons. The normalized spacial score (nSPS) is 14.6. The maximum Gasteiger partial charge on any atom is 0.227 e. The molecule has 142 valence electrons. The Balaban J connectivity index is 1.57. The minimum Gasteiger partial charge on any atom is -0.497 e. The van der Waals surface area contributed by atoms with Crippen LogP contribution in [0.15, 0.2) is 53.4 Å². The largest absolute Gasteiger partial charge is 0.497 e. The lowest BCUT2D eigenvalue weighted by molar-refractivity contribution is -0.120. The molecule has 0 unspecified atom stereocenters. The lowest BCUT2D eigenvalue weighted by atomic mass is 9.88. The summed E-state index contributed by atoms with van der Waals surface area (Å²) in [7, 11) is 1.59. The van der Waals surface area contributed by atoms with E-state index in [0.717, 1.165) is 36.3 Å². The Kier molecular flexibility index (Phi) is 6.93. The second kappa shape index (κ2) is 9.60. The molecule has 4 nitrogen and oxygen atoms in total. The molecule has 1 amide bonds. The van der Waals surface area contributed by atoms with Gasteiger partial charge in [0.1, 0.15) is 5.75 Å². The third-order valence-corrected chi connectivity index (χ3v) is 5.83. The fourth-order valence-corrected chi connectivity index (χ4v) is 4.15. The number of ketones is 1. The van der Waals surface area contributed by atoms with Gasteiger partial charge in [0.05, 0.1) is 12.9 Å². The number of hydrogen-bond donors (Lipinski definition) is 1. The van der Waals surface area contributed by atoms with Crippen molar-refractivity contribution < 1.29 is 14.3 Å². The molecule has 1 fully saturated rings. The first-order valence-corrected chi connectivity index (χ1v) is 10.4. The first-order chi connectivity index (χ1) is 13.2. The van der Waals surface area contributed by atoms with Gasteiger partial charge in [-0.1, -0.05) is 37.5 Å². The van der Waals surface area contributed by atoms with Crippen molar-refractivity contribution >= 4 is 29.1 Å². The lowest BCUT2D eigenvalue weighted by Gasteiger charge is -2.20. The van der Waals surface area contributed by atoms with Crippen molar-refractivity contribution in [1.29, 1.82) is 0 Å². The van der Waals surface area contributed by atoms with E-state index in [1.54, 1.807) is 19.2 Å². The number of rotatable bonds is 7. The van der Waals surface area contributed by atoms with Gasteiger partial charge in [-0.2, -0.15) is 0 Å². The Hall–Kier alpha value is -2.27. The average molecular weight is 384 g/mol. The highest BCUT2D eigenvalue weighted by atomic mass is 32.2. The molecule has 2 aromatic rings. The molecule has 1 N–H and O–H groups in total. The number of anilines is 1. The molecule has 1 saturated carbocycles. The fraction of sp³-hybridized carbons (Fsp3) is 0.364. The molecule has 5 heteroatoms. The van der Waals surface area contributed by atoms with Gasteiger partial charge in [-0.05, 0) is 43.2 Å². The van der Waals surface area contributed by atoms with E-state index in [4.69, 9.17) is 4.74 Å². The minimum atomic E-state index is 0.0514. The van der Waals surface area contributed by atoms with E-state index in [-0.39, 0.29) is 17.6 Å². The van der Waals surface area contributed by atoms with Crippen LogP contribution in [-0.4, -0.2) is 24.6 Å². The molecule has 1 aliphatic carbocycles. The number of carbonyl (C=O) groups is 2. The Bertz CT molecular complexity index is 800. The monoisotopic (exact) mass is 383 g/mol. The van der Waals surface area contributed by atoms with Crippen LogP contribution in [0.5, 0.6) is 5.75 Å². The molecule has 0 aliphatic heterocycles. The summed E-state index contributed by atoms with van der Waals surface area (Å²) in [5.41, 5.74) is 1.44. The highest BCUT2D eigenvalue weighted by Crippen LogP contribution is 2.27. The quantitative estimate of drug-likeness (QED) is 0.528. The minimum absolute atomic E-state index is 0.0514. The molecule has 1 aliphatic rings. The molecule has 27 heavy (non-hydrogen) atoms. The van der Waals surface area contributed by atoms with Crippen molar-refractivity contribution in [2.75, 3.05) is 18.2 Å². The molecule has 0 aromatic heterocycles. The lowest BCUT2D eigenvalue weighted by Crippen LogP contribution is -2.24. The maximum absolute atomic E-state index is 12.4. The van der Waals surface area contributed by atoms with Crippen LogP contribution in [0.1, 0.15) is 42.5 Å². The van der Waals surface area contributed by atoms with Crippen molar-refractivity contribution in [2.45, 2.75) is 37.0 Å². The smallest absolute Gasteiger partial charge is 0.227 e. The Labute approximate surface area is 164 Å². The van der Waals surface area contributed by atoms with Gasteiger partial charge in [0.15, 0.2) is 5.78 Å². The Morgan fingerprint density at radius 3 is 2.63 bits per heavy atom. The standard InChI is InChI=1S/C22H25NO3S/c1-26-19-11-5-9-17(13-19)21(24)15-27-20-12-6-10-18(14-20)23-22(25)16-7-3-2-4-8-16/h5-6,9-14,16H,2-4,7-8,15H2,1H3,(H,23,25). The summed E-state index contributed by atoms with van der Waals surface area (Å²) in [6.45, 7) is 0. The SMILES string of the molecule is COc1cccc(C(=O)CSc2cccc(NC(=O)C3CCCCC3)c2)c1. The van der Waals surface area contributed by atoms with Gasteiger partial charge in [-0.25, -0.2) is 0 Å². The maximum atomic E-state index is 12.4. The average Bonchev–Trinajstić information content (AvgIpc) is 2.73. The highest BCUT2D eigenvalue weighted by molar-refractivity contribution is 8.00. The van der Waals surface area contributed by atoms with Gasteiger partial charge < -0.3 is 10.1 Å². The van der Waals surface area contributed by atoms with Crippen molar-refractivity contribution in [2.24, 2.45) is 5.92 Å². The summed E-state index contributed by atoms with van der Waals surface area (Å²) < 4.78 is 5.17. The zero-order valence-corrected chi connectivity index (χ0v) is 16.4. The predicted molar refractivity (Wildman–Crippen MR) is 110 cm³/mol. The number of carbonyl (C=O) groups excluding carboxylic acids is 2. The highest BCUT2D eigenvalue weighted by Gasteiger charge is 2.21. The number of methoxy groups -OCH3 is 1. The van der Waals surface area contributed by atoms with Gasteiger partial charge >= 0.3 is 0 Å². The molecular formula is C22H25NO3S. The van der Waals surface area contributed by atoms with Crippen molar-refractivity contribution in [3.05, 3.63) is 54.1 Å². The summed E-state index contributed by atoms with van der Waals surface area (Å²) in [5.74, 6) is 1.32. The summed E-state index contributed by atoms with van der Waals surface area (Å²) >= 11 is 1.47.